The van der Waals surface area contributed by atoms with E-state index in [0.29, 0.717) is 16.9 Å². The Labute approximate surface area is 125 Å². The minimum Gasteiger partial charge on any atom is -0.325 e. The van der Waals surface area contributed by atoms with E-state index in [1.807, 2.05) is 12.1 Å². The lowest BCUT2D eigenvalue weighted by atomic mass is 10.0. The largest absolute Gasteiger partial charge is 0.325 e. The Balaban J connectivity index is 1.75. The Hall–Kier alpha value is -1.00. The van der Waals surface area contributed by atoms with Gasteiger partial charge in [-0.05, 0) is 49.5 Å². The molecule has 1 amide bonds. The lowest BCUT2D eigenvalue weighted by Gasteiger charge is -2.21. The average molecular weight is 292 g/mol. The van der Waals surface area contributed by atoms with Gasteiger partial charge in [0.15, 0.2) is 0 Å². The van der Waals surface area contributed by atoms with Crippen molar-refractivity contribution < 1.29 is 4.79 Å². The minimum atomic E-state index is 0.103. The van der Waals surface area contributed by atoms with Crippen molar-refractivity contribution in [3.8, 4) is 0 Å². The molecule has 0 aromatic heterocycles. The van der Waals surface area contributed by atoms with Crippen molar-refractivity contribution in [1.82, 2.24) is 5.32 Å². The molecule has 0 bridgehead atoms. The predicted molar refractivity (Wildman–Crippen MR) is 87.5 cm³/mol. The molecule has 0 unspecified atom stereocenters. The third-order valence-electron chi connectivity index (χ3n) is 3.60. The molecule has 110 valence electrons. The number of nitrogens with one attached hydrogen (secondary N) is 2. The highest BCUT2D eigenvalue weighted by Gasteiger charge is 2.14. The molecule has 2 N–H and O–H groups in total. The number of hydrogen-bond acceptors (Lipinski definition) is 3. The van der Waals surface area contributed by atoms with Crippen LogP contribution in [-0.4, -0.2) is 30.0 Å². The van der Waals surface area contributed by atoms with Gasteiger partial charge in [-0.15, -0.1) is 11.8 Å². The van der Waals surface area contributed by atoms with Crippen LogP contribution in [0.1, 0.15) is 38.2 Å². The van der Waals surface area contributed by atoms with Gasteiger partial charge in [0.1, 0.15) is 0 Å². The molecule has 20 heavy (non-hydrogen) atoms. The van der Waals surface area contributed by atoms with E-state index in [-0.39, 0.29) is 5.91 Å². The normalized spacial score (nSPS) is 16.4. The van der Waals surface area contributed by atoms with Gasteiger partial charge >= 0.3 is 0 Å². The van der Waals surface area contributed by atoms with Gasteiger partial charge in [0, 0.05) is 10.9 Å². The zero-order chi connectivity index (χ0) is 14.4. The smallest absolute Gasteiger partial charge is 0.234 e. The first-order valence-electron chi connectivity index (χ1n) is 7.37. The summed E-state index contributed by atoms with van der Waals surface area (Å²) in [6, 6.07) is 8.14. The van der Waals surface area contributed by atoms with Crippen LogP contribution < -0.4 is 10.6 Å². The standard InChI is InChI=1S/C16H24N2OS/c1-12(2)13-3-5-14(6-4-13)18-16(19)11-20-15-7-9-17-10-8-15/h3-6,12,15,17H,7-11H2,1-2H3,(H,18,19). The molecular formula is C16H24N2OS. The number of hydrogen-bond donors (Lipinski definition) is 2. The zero-order valence-electron chi connectivity index (χ0n) is 12.3. The van der Waals surface area contributed by atoms with Crippen molar-refractivity contribution >= 4 is 23.4 Å². The maximum absolute atomic E-state index is 11.9. The number of thioether (sulfide) groups is 1. The average Bonchev–Trinajstić information content (AvgIpc) is 2.47. The van der Waals surface area contributed by atoms with Crippen molar-refractivity contribution in [1.29, 1.82) is 0 Å². The van der Waals surface area contributed by atoms with Crippen LogP contribution in [-0.2, 0) is 4.79 Å². The van der Waals surface area contributed by atoms with Gasteiger partial charge in [-0.3, -0.25) is 4.79 Å². The molecular weight excluding hydrogens is 268 g/mol. The highest BCUT2D eigenvalue weighted by atomic mass is 32.2. The fourth-order valence-electron chi connectivity index (χ4n) is 2.30. The Bertz CT molecular complexity index is 425. The van der Waals surface area contributed by atoms with E-state index in [0.717, 1.165) is 18.8 Å². The van der Waals surface area contributed by atoms with E-state index < -0.39 is 0 Å². The highest BCUT2D eigenvalue weighted by Crippen LogP contribution is 2.21. The van der Waals surface area contributed by atoms with E-state index in [2.05, 4.69) is 36.6 Å². The molecule has 1 aliphatic heterocycles. The van der Waals surface area contributed by atoms with Gasteiger partial charge in [-0.25, -0.2) is 0 Å². The molecule has 0 saturated carbocycles. The summed E-state index contributed by atoms with van der Waals surface area (Å²) >= 11 is 1.78. The summed E-state index contributed by atoms with van der Waals surface area (Å²) in [6.07, 6.45) is 2.34. The molecule has 1 aromatic carbocycles. The van der Waals surface area contributed by atoms with Crippen LogP contribution in [0, 0.1) is 0 Å². The molecule has 0 spiro atoms. The van der Waals surface area contributed by atoms with E-state index in [9.17, 15) is 4.79 Å². The number of piperidine rings is 1. The van der Waals surface area contributed by atoms with Gasteiger partial charge in [-0.1, -0.05) is 26.0 Å². The van der Waals surface area contributed by atoms with Gasteiger partial charge in [-0.2, -0.15) is 0 Å². The third kappa shape index (κ3) is 4.84. The molecule has 1 aromatic rings. The molecule has 1 fully saturated rings. The number of amides is 1. The van der Waals surface area contributed by atoms with Gasteiger partial charge in [0.25, 0.3) is 0 Å². The molecule has 1 saturated heterocycles. The molecule has 0 aliphatic carbocycles. The van der Waals surface area contributed by atoms with Crippen molar-refractivity contribution in [2.75, 3.05) is 24.2 Å². The monoisotopic (exact) mass is 292 g/mol. The first-order valence-corrected chi connectivity index (χ1v) is 8.42. The Kier molecular flexibility index (Phi) is 5.92. The van der Waals surface area contributed by atoms with E-state index in [1.165, 1.54) is 18.4 Å². The molecule has 4 heteroatoms. The zero-order valence-corrected chi connectivity index (χ0v) is 13.1. The van der Waals surface area contributed by atoms with Crippen LogP contribution >= 0.6 is 11.8 Å². The molecule has 3 nitrogen and oxygen atoms in total. The highest BCUT2D eigenvalue weighted by molar-refractivity contribution is 8.00. The third-order valence-corrected chi connectivity index (χ3v) is 4.97. The second-order valence-electron chi connectivity index (χ2n) is 5.59. The van der Waals surface area contributed by atoms with Crippen LogP contribution in [0.5, 0.6) is 0 Å². The topological polar surface area (TPSA) is 41.1 Å². The van der Waals surface area contributed by atoms with Crippen LogP contribution in [0.15, 0.2) is 24.3 Å². The summed E-state index contributed by atoms with van der Waals surface area (Å²) in [5, 5.41) is 6.94. The number of rotatable bonds is 5. The van der Waals surface area contributed by atoms with Crippen molar-refractivity contribution in [2.24, 2.45) is 0 Å². The maximum atomic E-state index is 11.9. The molecule has 1 heterocycles. The van der Waals surface area contributed by atoms with Crippen LogP contribution in [0.2, 0.25) is 0 Å². The quantitative estimate of drug-likeness (QED) is 0.875. The van der Waals surface area contributed by atoms with Crippen molar-refractivity contribution in [3.05, 3.63) is 29.8 Å². The second kappa shape index (κ2) is 7.70. The van der Waals surface area contributed by atoms with E-state index in [4.69, 9.17) is 0 Å². The second-order valence-corrected chi connectivity index (χ2v) is 6.87. The first-order chi connectivity index (χ1) is 9.65. The summed E-state index contributed by atoms with van der Waals surface area (Å²) in [5.74, 6) is 1.18. The fraction of sp³-hybridized carbons (Fsp3) is 0.562. The summed E-state index contributed by atoms with van der Waals surface area (Å²) in [4.78, 5) is 11.9. The van der Waals surface area contributed by atoms with E-state index >= 15 is 0 Å². The Morgan fingerprint density at radius 3 is 2.55 bits per heavy atom. The maximum Gasteiger partial charge on any atom is 0.234 e. The van der Waals surface area contributed by atoms with Crippen molar-refractivity contribution in [2.45, 2.75) is 37.9 Å². The number of anilines is 1. The first kappa shape index (κ1) is 15.4. The molecule has 0 radical (unpaired) electrons. The lowest BCUT2D eigenvalue weighted by Crippen LogP contribution is -2.30. The van der Waals surface area contributed by atoms with Crippen molar-refractivity contribution in [3.63, 3.8) is 0 Å². The van der Waals surface area contributed by atoms with Crippen LogP contribution in [0.4, 0.5) is 5.69 Å². The van der Waals surface area contributed by atoms with Crippen LogP contribution in [0.25, 0.3) is 0 Å². The lowest BCUT2D eigenvalue weighted by molar-refractivity contribution is -0.113. The molecule has 2 rings (SSSR count). The summed E-state index contributed by atoms with van der Waals surface area (Å²) < 4.78 is 0. The summed E-state index contributed by atoms with van der Waals surface area (Å²) in [7, 11) is 0. The van der Waals surface area contributed by atoms with Gasteiger partial charge < -0.3 is 10.6 Å². The molecule has 1 aliphatic rings. The Morgan fingerprint density at radius 2 is 1.95 bits per heavy atom. The summed E-state index contributed by atoms with van der Waals surface area (Å²) in [5.41, 5.74) is 2.19. The molecule has 0 atom stereocenters. The number of carbonyl (C=O) groups is 1. The van der Waals surface area contributed by atoms with E-state index in [1.54, 1.807) is 11.8 Å². The SMILES string of the molecule is CC(C)c1ccc(NC(=O)CSC2CCNCC2)cc1. The number of benzene rings is 1. The van der Waals surface area contributed by atoms with Gasteiger partial charge in [0.2, 0.25) is 5.91 Å². The summed E-state index contributed by atoms with van der Waals surface area (Å²) in [6.45, 7) is 6.50. The van der Waals surface area contributed by atoms with Crippen LogP contribution in [0.3, 0.4) is 0 Å². The van der Waals surface area contributed by atoms with Gasteiger partial charge in [0.05, 0.1) is 5.75 Å². The minimum absolute atomic E-state index is 0.103. The number of carbonyl (C=O) groups excluding carboxylic acids is 1. The predicted octanol–water partition coefficient (Wildman–Crippen LogP) is 3.23. The fourth-order valence-corrected chi connectivity index (χ4v) is 3.33. The Morgan fingerprint density at radius 1 is 1.30 bits per heavy atom.